The van der Waals surface area contributed by atoms with Crippen LogP contribution in [0.15, 0.2) is 36.5 Å². The van der Waals surface area contributed by atoms with E-state index >= 15 is 0 Å². The number of benzene rings is 1. The lowest BCUT2D eigenvalue weighted by Crippen LogP contribution is -2.48. The molecule has 0 saturated heterocycles. The normalized spacial score (nSPS) is 21.8. The Kier molecular flexibility index (Phi) is 8.66. The van der Waals surface area contributed by atoms with Crippen molar-refractivity contribution in [3.8, 4) is 11.5 Å². The van der Waals surface area contributed by atoms with Crippen LogP contribution in [0.1, 0.15) is 83.9 Å². The third kappa shape index (κ3) is 5.91. The van der Waals surface area contributed by atoms with Gasteiger partial charge in [-0.05, 0) is 73.9 Å². The van der Waals surface area contributed by atoms with E-state index in [1.54, 1.807) is 18.3 Å². The van der Waals surface area contributed by atoms with E-state index in [1.165, 1.54) is 37.8 Å². The average molecular weight is 496 g/mol. The van der Waals surface area contributed by atoms with E-state index in [9.17, 15) is 9.18 Å². The minimum atomic E-state index is -0.312. The second kappa shape index (κ2) is 11.7. The van der Waals surface area contributed by atoms with Crippen LogP contribution in [0.4, 0.5) is 4.39 Å². The number of nitrogens with one attached hydrogen (secondary N) is 1. The number of fused-ring (bicyclic) bond motifs is 1. The third-order valence-corrected chi connectivity index (χ3v) is 8.18. The molecule has 196 valence electrons. The maximum Gasteiger partial charge on any atom is 0.229 e. The number of rotatable bonds is 10. The van der Waals surface area contributed by atoms with E-state index in [0.29, 0.717) is 48.5 Å². The molecule has 1 amide bonds. The SMILES string of the molecule is CCCC(CCC)N[C@@H]1CC[C@@](C(=O)N2CCc3ncc(Oc4ccc(F)cc4)cc3C2)(C(C)C)C1. The highest BCUT2D eigenvalue weighted by Gasteiger charge is 2.49. The molecule has 4 rings (SSSR count). The lowest BCUT2D eigenvalue weighted by Gasteiger charge is -2.39. The van der Waals surface area contributed by atoms with Crippen LogP contribution < -0.4 is 10.1 Å². The lowest BCUT2D eigenvalue weighted by molar-refractivity contribution is -0.145. The number of hydrogen-bond acceptors (Lipinski definition) is 4. The van der Waals surface area contributed by atoms with Gasteiger partial charge in [-0.25, -0.2) is 4.39 Å². The van der Waals surface area contributed by atoms with Gasteiger partial charge in [-0.3, -0.25) is 9.78 Å². The molecule has 2 atom stereocenters. The van der Waals surface area contributed by atoms with Crippen LogP contribution in [0.2, 0.25) is 0 Å². The second-order valence-corrected chi connectivity index (χ2v) is 11.0. The van der Waals surface area contributed by atoms with Gasteiger partial charge in [0.25, 0.3) is 0 Å². The van der Waals surface area contributed by atoms with Crippen LogP contribution in [0, 0.1) is 17.2 Å². The van der Waals surface area contributed by atoms with Crippen molar-refractivity contribution in [1.29, 1.82) is 0 Å². The molecule has 0 unspecified atom stereocenters. The molecule has 0 bridgehead atoms. The summed E-state index contributed by atoms with van der Waals surface area (Å²) in [5, 5.41) is 3.91. The first-order chi connectivity index (χ1) is 17.3. The number of carbonyl (C=O) groups excluding carboxylic acids is 1. The summed E-state index contributed by atoms with van der Waals surface area (Å²) < 4.78 is 19.1. The minimum Gasteiger partial charge on any atom is -0.456 e. The highest BCUT2D eigenvalue weighted by atomic mass is 19.1. The van der Waals surface area contributed by atoms with Crippen LogP contribution in [0.3, 0.4) is 0 Å². The summed E-state index contributed by atoms with van der Waals surface area (Å²) in [4.78, 5) is 20.7. The molecule has 5 nitrogen and oxygen atoms in total. The van der Waals surface area contributed by atoms with E-state index in [-0.39, 0.29) is 11.2 Å². The van der Waals surface area contributed by atoms with E-state index in [1.807, 2.05) is 11.0 Å². The number of carbonyl (C=O) groups is 1. The van der Waals surface area contributed by atoms with Gasteiger partial charge >= 0.3 is 0 Å². The van der Waals surface area contributed by atoms with Crippen molar-refractivity contribution in [2.75, 3.05) is 6.54 Å². The Hall–Kier alpha value is -2.47. The number of pyridine rings is 1. The molecule has 2 heterocycles. The standard InChI is InChI=1S/C30H42FN3O2/c1-5-7-24(8-6-2)33-25-13-15-30(18-25,21(3)4)29(35)34-16-14-28-22(20-34)17-27(19-32-28)36-26-11-9-23(31)10-12-26/h9-12,17,19,21,24-25,33H,5-8,13-16,18,20H2,1-4H3/t25-,30+/m1/s1. The molecule has 1 aromatic carbocycles. The Balaban J connectivity index is 1.46. The van der Waals surface area contributed by atoms with Gasteiger partial charge in [-0.2, -0.15) is 0 Å². The first-order valence-corrected chi connectivity index (χ1v) is 13.8. The highest BCUT2D eigenvalue weighted by Crippen LogP contribution is 2.46. The summed E-state index contributed by atoms with van der Waals surface area (Å²) in [7, 11) is 0. The van der Waals surface area contributed by atoms with Crippen molar-refractivity contribution in [3.05, 3.63) is 53.6 Å². The van der Waals surface area contributed by atoms with Gasteiger partial charge in [0.05, 0.1) is 11.6 Å². The van der Waals surface area contributed by atoms with Gasteiger partial charge in [-0.1, -0.05) is 40.5 Å². The fourth-order valence-corrected chi connectivity index (χ4v) is 6.11. The van der Waals surface area contributed by atoms with Crippen LogP contribution in [-0.2, 0) is 17.8 Å². The zero-order valence-electron chi connectivity index (χ0n) is 22.4. The first-order valence-electron chi connectivity index (χ1n) is 13.8. The predicted molar refractivity (Wildman–Crippen MR) is 141 cm³/mol. The number of aromatic nitrogens is 1. The topological polar surface area (TPSA) is 54.5 Å². The molecular formula is C30H42FN3O2. The zero-order valence-corrected chi connectivity index (χ0v) is 22.4. The van der Waals surface area contributed by atoms with Gasteiger partial charge in [0, 0.05) is 37.3 Å². The zero-order chi connectivity index (χ0) is 25.7. The molecule has 0 spiro atoms. The first kappa shape index (κ1) is 26.6. The monoisotopic (exact) mass is 495 g/mol. The van der Waals surface area contributed by atoms with Crippen molar-refractivity contribution >= 4 is 5.91 Å². The Bertz CT molecular complexity index is 1020. The summed E-state index contributed by atoms with van der Waals surface area (Å²) in [6, 6.07) is 8.91. The minimum absolute atomic E-state index is 0.292. The molecule has 6 heteroatoms. The smallest absolute Gasteiger partial charge is 0.229 e. The Morgan fingerprint density at radius 3 is 2.58 bits per heavy atom. The van der Waals surface area contributed by atoms with E-state index in [0.717, 1.165) is 36.9 Å². The van der Waals surface area contributed by atoms with Crippen molar-refractivity contribution in [1.82, 2.24) is 15.2 Å². The van der Waals surface area contributed by atoms with Crippen LogP contribution in [0.25, 0.3) is 0 Å². The van der Waals surface area contributed by atoms with Crippen LogP contribution in [-0.4, -0.2) is 34.4 Å². The van der Waals surface area contributed by atoms with Gasteiger partial charge in [-0.15, -0.1) is 0 Å². The van der Waals surface area contributed by atoms with Crippen molar-refractivity contribution in [2.45, 2.75) is 97.7 Å². The number of ether oxygens (including phenoxy) is 1. The summed E-state index contributed by atoms with van der Waals surface area (Å²) >= 11 is 0. The second-order valence-electron chi connectivity index (χ2n) is 11.0. The maximum absolute atomic E-state index is 14.1. The molecule has 1 aliphatic carbocycles. The van der Waals surface area contributed by atoms with Gasteiger partial charge in [0.15, 0.2) is 0 Å². The molecule has 1 saturated carbocycles. The fourth-order valence-electron chi connectivity index (χ4n) is 6.11. The average Bonchev–Trinajstić information content (AvgIpc) is 3.30. The summed E-state index contributed by atoms with van der Waals surface area (Å²) in [6.45, 7) is 10.2. The predicted octanol–water partition coefficient (Wildman–Crippen LogP) is 6.65. The summed E-state index contributed by atoms with van der Waals surface area (Å²) in [6.07, 6.45) is 10.2. The lowest BCUT2D eigenvalue weighted by atomic mass is 9.74. The molecular weight excluding hydrogens is 453 g/mol. The molecule has 1 fully saturated rings. The van der Waals surface area contributed by atoms with Crippen molar-refractivity contribution < 1.29 is 13.9 Å². The molecule has 2 aliphatic rings. The molecule has 1 aromatic heterocycles. The third-order valence-electron chi connectivity index (χ3n) is 8.18. The van der Waals surface area contributed by atoms with E-state index in [2.05, 4.69) is 38.0 Å². The molecule has 1 N–H and O–H groups in total. The van der Waals surface area contributed by atoms with Crippen LogP contribution in [0.5, 0.6) is 11.5 Å². The fraction of sp³-hybridized carbons (Fsp3) is 0.600. The number of nitrogens with zero attached hydrogens (tertiary/aromatic N) is 2. The molecule has 1 aliphatic heterocycles. The van der Waals surface area contributed by atoms with Gasteiger partial charge in [0.2, 0.25) is 5.91 Å². The van der Waals surface area contributed by atoms with Gasteiger partial charge in [0.1, 0.15) is 17.3 Å². The van der Waals surface area contributed by atoms with Gasteiger partial charge < -0.3 is 15.0 Å². The Morgan fingerprint density at radius 1 is 1.19 bits per heavy atom. The molecule has 2 aromatic rings. The van der Waals surface area contributed by atoms with Crippen molar-refractivity contribution in [2.24, 2.45) is 11.3 Å². The number of amides is 1. The summed E-state index contributed by atoms with van der Waals surface area (Å²) in [5.74, 6) is 1.46. The highest BCUT2D eigenvalue weighted by molar-refractivity contribution is 5.83. The largest absolute Gasteiger partial charge is 0.456 e. The Morgan fingerprint density at radius 2 is 1.92 bits per heavy atom. The van der Waals surface area contributed by atoms with E-state index in [4.69, 9.17) is 4.74 Å². The number of halogens is 1. The Labute approximate surface area is 215 Å². The molecule has 36 heavy (non-hydrogen) atoms. The quantitative estimate of drug-likeness (QED) is 0.401. The summed E-state index contributed by atoms with van der Waals surface area (Å²) in [5.41, 5.74) is 1.75. The maximum atomic E-state index is 14.1. The molecule has 0 radical (unpaired) electrons. The van der Waals surface area contributed by atoms with Crippen molar-refractivity contribution in [3.63, 3.8) is 0 Å². The van der Waals surface area contributed by atoms with Crippen LogP contribution >= 0.6 is 0 Å². The van der Waals surface area contributed by atoms with E-state index < -0.39 is 0 Å². The number of hydrogen-bond donors (Lipinski definition) is 1.